The van der Waals surface area contributed by atoms with E-state index in [0.29, 0.717) is 16.5 Å². The third-order valence-electron chi connectivity index (χ3n) is 3.47. The Morgan fingerprint density at radius 2 is 1.52 bits per heavy atom. The number of alkyl halides is 3. The molecule has 6 heteroatoms. The number of nitrogens with one attached hydrogen (secondary N) is 1. The first-order valence-electron chi connectivity index (χ1n) is 6.71. The summed E-state index contributed by atoms with van der Waals surface area (Å²) in [6.45, 7) is 0. The number of aromatic amines is 1. The van der Waals surface area contributed by atoms with Gasteiger partial charge in [0.1, 0.15) is 5.56 Å². The molecule has 3 rings (SSSR count). The van der Waals surface area contributed by atoms with E-state index in [1.54, 1.807) is 54.6 Å². The number of ketones is 1. The highest BCUT2D eigenvalue weighted by atomic mass is 19.4. The molecule has 0 spiro atoms. The summed E-state index contributed by atoms with van der Waals surface area (Å²) >= 11 is 0. The molecule has 0 atom stereocenters. The monoisotopic (exact) mass is 317 g/mol. The van der Waals surface area contributed by atoms with Crippen LogP contribution in [0.5, 0.6) is 0 Å². The summed E-state index contributed by atoms with van der Waals surface area (Å²) in [5.74, 6) is -2.15. The molecule has 3 aromatic rings. The van der Waals surface area contributed by atoms with Crippen molar-refractivity contribution in [2.75, 3.05) is 0 Å². The molecule has 0 aliphatic heterocycles. The van der Waals surface area contributed by atoms with Gasteiger partial charge in [-0.25, -0.2) is 0 Å². The Balaban J connectivity index is 2.47. The molecule has 0 saturated carbocycles. The van der Waals surface area contributed by atoms with Crippen LogP contribution in [0, 0.1) is 0 Å². The zero-order valence-corrected chi connectivity index (χ0v) is 11.6. The standard InChI is InChI=1S/C17H10F3NO2/c18-17(19,20)15(22)14-13(10-6-2-1-3-7-10)11-8-4-5-9-12(11)21-16(14)23/h1-9H,(H,21,23). The summed E-state index contributed by atoms with van der Waals surface area (Å²) in [5.41, 5.74) is -1.20. The van der Waals surface area contributed by atoms with E-state index >= 15 is 0 Å². The summed E-state index contributed by atoms with van der Waals surface area (Å²) < 4.78 is 38.7. The molecule has 0 bridgehead atoms. The van der Waals surface area contributed by atoms with Gasteiger partial charge in [-0.1, -0.05) is 48.5 Å². The molecule has 0 aliphatic carbocycles. The van der Waals surface area contributed by atoms with Crippen LogP contribution in [0.2, 0.25) is 0 Å². The van der Waals surface area contributed by atoms with Crippen molar-refractivity contribution in [1.29, 1.82) is 0 Å². The van der Waals surface area contributed by atoms with E-state index in [2.05, 4.69) is 4.98 Å². The number of carbonyl (C=O) groups excluding carboxylic acids is 1. The van der Waals surface area contributed by atoms with Crippen LogP contribution >= 0.6 is 0 Å². The number of aromatic nitrogens is 1. The van der Waals surface area contributed by atoms with Crippen LogP contribution in [0.25, 0.3) is 22.0 Å². The first kappa shape index (κ1) is 15.0. The number of fused-ring (bicyclic) bond motifs is 1. The molecule has 0 fully saturated rings. The summed E-state index contributed by atoms with van der Waals surface area (Å²) in [4.78, 5) is 26.3. The normalized spacial score (nSPS) is 11.6. The predicted octanol–water partition coefficient (Wildman–Crippen LogP) is 3.94. The van der Waals surface area contributed by atoms with Crippen molar-refractivity contribution >= 4 is 16.7 Å². The van der Waals surface area contributed by atoms with Gasteiger partial charge in [-0.2, -0.15) is 13.2 Å². The van der Waals surface area contributed by atoms with Gasteiger partial charge >= 0.3 is 6.18 Å². The average Bonchev–Trinajstić information content (AvgIpc) is 2.53. The van der Waals surface area contributed by atoms with Gasteiger partial charge in [0.15, 0.2) is 0 Å². The lowest BCUT2D eigenvalue weighted by Crippen LogP contribution is -2.30. The van der Waals surface area contributed by atoms with Gasteiger partial charge in [0.25, 0.3) is 11.3 Å². The number of H-pyrrole nitrogens is 1. The Morgan fingerprint density at radius 3 is 2.17 bits per heavy atom. The molecule has 2 aromatic carbocycles. The lowest BCUT2D eigenvalue weighted by Gasteiger charge is -2.13. The number of para-hydroxylation sites is 1. The molecule has 23 heavy (non-hydrogen) atoms. The molecule has 116 valence electrons. The van der Waals surface area contributed by atoms with Crippen molar-refractivity contribution in [3.05, 3.63) is 70.5 Å². The highest BCUT2D eigenvalue weighted by Gasteiger charge is 2.42. The molecule has 0 saturated heterocycles. The van der Waals surface area contributed by atoms with Crippen molar-refractivity contribution in [1.82, 2.24) is 4.98 Å². The van der Waals surface area contributed by atoms with Crippen molar-refractivity contribution in [2.45, 2.75) is 6.18 Å². The van der Waals surface area contributed by atoms with Crippen molar-refractivity contribution in [2.24, 2.45) is 0 Å². The Morgan fingerprint density at radius 1 is 0.913 bits per heavy atom. The van der Waals surface area contributed by atoms with Gasteiger partial charge in [0.05, 0.1) is 0 Å². The van der Waals surface area contributed by atoms with E-state index in [4.69, 9.17) is 0 Å². The molecule has 3 nitrogen and oxygen atoms in total. The van der Waals surface area contributed by atoms with Gasteiger partial charge in [-0.05, 0) is 11.6 Å². The Kier molecular flexibility index (Phi) is 3.52. The van der Waals surface area contributed by atoms with E-state index in [0.717, 1.165) is 0 Å². The summed E-state index contributed by atoms with van der Waals surface area (Å²) in [7, 11) is 0. The Bertz CT molecular complexity index is 943. The van der Waals surface area contributed by atoms with Crippen LogP contribution in [0.1, 0.15) is 10.4 Å². The number of pyridine rings is 1. The average molecular weight is 317 g/mol. The van der Waals surface area contributed by atoms with Crippen LogP contribution < -0.4 is 5.56 Å². The van der Waals surface area contributed by atoms with E-state index in [9.17, 15) is 22.8 Å². The summed E-state index contributed by atoms with van der Waals surface area (Å²) in [6, 6.07) is 14.5. The van der Waals surface area contributed by atoms with E-state index < -0.39 is 23.1 Å². The van der Waals surface area contributed by atoms with Crippen LogP contribution in [0.15, 0.2) is 59.4 Å². The zero-order chi connectivity index (χ0) is 16.6. The van der Waals surface area contributed by atoms with Gasteiger partial charge in [0.2, 0.25) is 0 Å². The Hall–Kier alpha value is -2.89. The quantitative estimate of drug-likeness (QED) is 0.728. The lowest BCUT2D eigenvalue weighted by molar-refractivity contribution is -0.0885. The molecular formula is C17H10F3NO2. The number of hydrogen-bond acceptors (Lipinski definition) is 2. The second-order valence-corrected chi connectivity index (χ2v) is 4.94. The van der Waals surface area contributed by atoms with Crippen molar-refractivity contribution in [3.8, 4) is 11.1 Å². The number of halogens is 3. The van der Waals surface area contributed by atoms with Crippen LogP contribution in [-0.4, -0.2) is 16.9 Å². The van der Waals surface area contributed by atoms with Gasteiger partial charge in [-0.15, -0.1) is 0 Å². The fourth-order valence-electron chi connectivity index (χ4n) is 2.51. The maximum absolute atomic E-state index is 12.9. The van der Waals surface area contributed by atoms with Gasteiger partial charge in [0, 0.05) is 16.5 Å². The molecule has 0 unspecified atom stereocenters. The van der Waals surface area contributed by atoms with Crippen LogP contribution in [-0.2, 0) is 0 Å². The highest BCUT2D eigenvalue weighted by molar-refractivity contribution is 6.11. The molecule has 1 N–H and O–H groups in total. The number of carbonyl (C=O) groups is 1. The Labute approximate surface area is 128 Å². The predicted molar refractivity (Wildman–Crippen MR) is 80.4 cm³/mol. The second kappa shape index (κ2) is 5.39. The molecule has 1 aromatic heterocycles. The smallest absolute Gasteiger partial charge is 0.321 e. The van der Waals surface area contributed by atoms with Crippen molar-refractivity contribution < 1.29 is 18.0 Å². The third kappa shape index (κ3) is 2.63. The molecule has 0 radical (unpaired) electrons. The molecular weight excluding hydrogens is 307 g/mol. The third-order valence-corrected chi connectivity index (χ3v) is 3.47. The van der Waals surface area contributed by atoms with Crippen LogP contribution in [0.3, 0.4) is 0 Å². The lowest BCUT2D eigenvalue weighted by atomic mass is 9.94. The SMILES string of the molecule is O=C(c1c(-c2ccccc2)c2ccccc2[nH]c1=O)C(F)(F)F. The zero-order valence-electron chi connectivity index (χ0n) is 11.6. The molecule has 1 heterocycles. The topological polar surface area (TPSA) is 49.9 Å². The fraction of sp³-hybridized carbons (Fsp3) is 0.0588. The van der Waals surface area contributed by atoms with Crippen molar-refractivity contribution in [3.63, 3.8) is 0 Å². The fourth-order valence-corrected chi connectivity index (χ4v) is 2.51. The van der Waals surface area contributed by atoms with Crippen LogP contribution in [0.4, 0.5) is 13.2 Å². The van der Waals surface area contributed by atoms with Gasteiger partial charge < -0.3 is 4.98 Å². The first-order chi connectivity index (χ1) is 10.9. The second-order valence-electron chi connectivity index (χ2n) is 4.94. The molecule has 0 amide bonds. The maximum Gasteiger partial charge on any atom is 0.455 e. The summed E-state index contributed by atoms with van der Waals surface area (Å²) in [6.07, 6.45) is -5.13. The minimum absolute atomic E-state index is 0.00715. The van der Waals surface area contributed by atoms with E-state index in [1.165, 1.54) is 0 Å². The maximum atomic E-state index is 12.9. The summed E-state index contributed by atoms with van der Waals surface area (Å²) in [5, 5.41) is 0.380. The van der Waals surface area contributed by atoms with E-state index in [1.807, 2.05) is 0 Å². The first-order valence-corrected chi connectivity index (χ1v) is 6.71. The van der Waals surface area contributed by atoms with Gasteiger partial charge in [-0.3, -0.25) is 9.59 Å². The number of rotatable bonds is 2. The highest BCUT2D eigenvalue weighted by Crippen LogP contribution is 2.32. The number of Topliss-reactive ketones (excluding diaryl/α,β-unsaturated/α-hetero) is 1. The molecule has 0 aliphatic rings. The minimum Gasteiger partial charge on any atom is -0.321 e. The minimum atomic E-state index is -5.13. The number of hydrogen-bond donors (Lipinski definition) is 1. The largest absolute Gasteiger partial charge is 0.455 e. The number of benzene rings is 2. The van der Waals surface area contributed by atoms with E-state index in [-0.39, 0.29) is 5.56 Å².